The van der Waals surface area contributed by atoms with Gasteiger partial charge in [0, 0.05) is 0 Å². The Hall–Kier alpha value is -2.50. The summed E-state index contributed by atoms with van der Waals surface area (Å²) in [5.74, 6) is -0.429. The van der Waals surface area contributed by atoms with Crippen LogP contribution in [0, 0.1) is 12.3 Å². The molecule has 0 atom stereocenters. The summed E-state index contributed by atoms with van der Waals surface area (Å²) < 4.78 is 44.3. The van der Waals surface area contributed by atoms with Crippen LogP contribution in [0.15, 0.2) is 42.5 Å². The maximum absolute atomic E-state index is 13.0. The predicted molar refractivity (Wildman–Crippen MR) is 73.7 cm³/mol. The fourth-order valence-corrected chi connectivity index (χ4v) is 1.90. The summed E-state index contributed by atoms with van der Waals surface area (Å²) in [7, 11) is 0. The Morgan fingerprint density at radius 1 is 1.10 bits per heavy atom. The van der Waals surface area contributed by atoms with E-state index in [9.17, 15) is 13.2 Å². The quantitative estimate of drug-likeness (QED) is 0.661. The van der Waals surface area contributed by atoms with E-state index in [1.807, 2.05) is 0 Å². The number of hydrogen-bond donors (Lipinski definition) is 2. The Morgan fingerprint density at radius 2 is 1.76 bits per heavy atom. The lowest BCUT2D eigenvalue weighted by molar-refractivity contribution is -0.138. The van der Waals surface area contributed by atoms with Crippen LogP contribution in [0.3, 0.4) is 0 Å². The number of nitrogens with two attached hydrogens (primary N) is 1. The van der Waals surface area contributed by atoms with E-state index < -0.39 is 11.7 Å². The van der Waals surface area contributed by atoms with E-state index >= 15 is 0 Å². The van der Waals surface area contributed by atoms with E-state index in [1.165, 1.54) is 24.3 Å². The molecular formula is C15H13F3N2O. The van der Waals surface area contributed by atoms with E-state index in [0.29, 0.717) is 5.56 Å². The van der Waals surface area contributed by atoms with Crippen LogP contribution in [-0.2, 0) is 6.18 Å². The third-order valence-corrected chi connectivity index (χ3v) is 2.91. The van der Waals surface area contributed by atoms with Gasteiger partial charge >= 0.3 is 6.18 Å². The minimum Gasteiger partial charge on any atom is -0.456 e. The molecule has 2 aromatic carbocycles. The van der Waals surface area contributed by atoms with Gasteiger partial charge in [-0.3, -0.25) is 5.41 Å². The summed E-state index contributed by atoms with van der Waals surface area (Å²) in [5.41, 5.74) is 5.42. The van der Waals surface area contributed by atoms with E-state index in [4.69, 9.17) is 15.9 Å². The number of alkyl halides is 3. The number of amidine groups is 1. The maximum Gasteiger partial charge on any atom is 0.419 e. The van der Waals surface area contributed by atoms with Crippen LogP contribution in [0.25, 0.3) is 0 Å². The summed E-state index contributed by atoms with van der Waals surface area (Å²) >= 11 is 0. The van der Waals surface area contributed by atoms with E-state index in [-0.39, 0.29) is 22.9 Å². The second-order valence-corrected chi connectivity index (χ2v) is 4.46. The van der Waals surface area contributed by atoms with Gasteiger partial charge in [0.1, 0.15) is 17.3 Å². The lowest BCUT2D eigenvalue weighted by Crippen LogP contribution is -2.13. The summed E-state index contributed by atoms with van der Waals surface area (Å²) in [6.45, 7) is 1.68. The highest BCUT2D eigenvalue weighted by Crippen LogP contribution is 2.39. The fourth-order valence-electron chi connectivity index (χ4n) is 1.90. The third kappa shape index (κ3) is 3.16. The van der Waals surface area contributed by atoms with Gasteiger partial charge < -0.3 is 10.5 Å². The van der Waals surface area contributed by atoms with Crippen LogP contribution < -0.4 is 10.5 Å². The van der Waals surface area contributed by atoms with Gasteiger partial charge in [0.25, 0.3) is 0 Å². The van der Waals surface area contributed by atoms with Gasteiger partial charge in [-0.1, -0.05) is 24.3 Å². The molecule has 6 heteroatoms. The van der Waals surface area contributed by atoms with Gasteiger partial charge in [0.15, 0.2) is 0 Å². The standard InChI is InChI=1S/C15H13F3N2O/c1-9-5-4-6-10(14(19)20)13(9)21-12-8-3-2-7-11(12)15(16,17)18/h2-8H,1H3,(H3,19,20). The van der Waals surface area contributed by atoms with Gasteiger partial charge in [0.05, 0.1) is 11.1 Å². The zero-order valence-electron chi connectivity index (χ0n) is 11.2. The van der Waals surface area contributed by atoms with Crippen LogP contribution >= 0.6 is 0 Å². The number of halogens is 3. The Bertz CT molecular complexity index is 681. The number of nitrogen functional groups attached to an aromatic ring is 1. The summed E-state index contributed by atoms with van der Waals surface area (Å²) in [6, 6.07) is 9.80. The maximum atomic E-state index is 13.0. The van der Waals surface area contributed by atoms with Crippen molar-refractivity contribution in [3.05, 3.63) is 59.2 Å². The van der Waals surface area contributed by atoms with Crippen LogP contribution in [0.5, 0.6) is 11.5 Å². The van der Waals surface area contributed by atoms with Crippen molar-refractivity contribution < 1.29 is 17.9 Å². The van der Waals surface area contributed by atoms with Crippen molar-refractivity contribution >= 4 is 5.84 Å². The Morgan fingerprint density at radius 3 is 2.38 bits per heavy atom. The Kier molecular flexibility index (Phi) is 3.88. The molecule has 0 saturated heterocycles. The first-order chi connectivity index (χ1) is 9.80. The summed E-state index contributed by atoms with van der Waals surface area (Å²) in [4.78, 5) is 0. The van der Waals surface area contributed by atoms with Gasteiger partial charge in [0.2, 0.25) is 0 Å². The van der Waals surface area contributed by atoms with Crippen molar-refractivity contribution in [3.8, 4) is 11.5 Å². The molecule has 0 aliphatic heterocycles. The van der Waals surface area contributed by atoms with Crippen molar-refractivity contribution in [2.24, 2.45) is 5.73 Å². The topological polar surface area (TPSA) is 59.1 Å². The minimum absolute atomic E-state index is 0.154. The molecule has 21 heavy (non-hydrogen) atoms. The van der Waals surface area contributed by atoms with Crippen LogP contribution in [0.2, 0.25) is 0 Å². The third-order valence-electron chi connectivity index (χ3n) is 2.91. The van der Waals surface area contributed by atoms with Gasteiger partial charge in [-0.25, -0.2) is 0 Å². The molecule has 3 nitrogen and oxygen atoms in total. The van der Waals surface area contributed by atoms with Crippen LogP contribution in [0.4, 0.5) is 13.2 Å². The largest absolute Gasteiger partial charge is 0.456 e. The molecule has 0 radical (unpaired) electrons. The van der Waals surface area contributed by atoms with E-state index in [1.54, 1.807) is 19.1 Å². The SMILES string of the molecule is Cc1cccc(C(=N)N)c1Oc1ccccc1C(F)(F)F. The molecule has 0 heterocycles. The number of ether oxygens (including phenoxy) is 1. The number of aryl methyl sites for hydroxylation is 1. The normalized spacial score (nSPS) is 11.2. The number of hydrogen-bond acceptors (Lipinski definition) is 2. The highest BCUT2D eigenvalue weighted by atomic mass is 19.4. The fraction of sp³-hybridized carbons (Fsp3) is 0.133. The van der Waals surface area contributed by atoms with Crippen molar-refractivity contribution in [1.82, 2.24) is 0 Å². The molecule has 0 fully saturated rings. The highest BCUT2D eigenvalue weighted by molar-refractivity contribution is 5.98. The molecule has 0 spiro atoms. The van der Waals surface area contributed by atoms with E-state index in [2.05, 4.69) is 0 Å². The molecular weight excluding hydrogens is 281 g/mol. The lowest BCUT2D eigenvalue weighted by Gasteiger charge is -2.16. The zero-order chi connectivity index (χ0) is 15.6. The number of benzene rings is 2. The lowest BCUT2D eigenvalue weighted by atomic mass is 10.1. The molecule has 0 amide bonds. The van der Waals surface area contributed by atoms with Gasteiger partial charge in [-0.05, 0) is 30.7 Å². The highest BCUT2D eigenvalue weighted by Gasteiger charge is 2.34. The first-order valence-corrected chi connectivity index (χ1v) is 6.09. The van der Waals surface area contributed by atoms with E-state index in [0.717, 1.165) is 6.07 Å². The Labute approximate surface area is 119 Å². The monoisotopic (exact) mass is 294 g/mol. The molecule has 0 bridgehead atoms. The van der Waals surface area contributed by atoms with Crippen molar-refractivity contribution in [2.45, 2.75) is 13.1 Å². The molecule has 0 aromatic heterocycles. The molecule has 3 N–H and O–H groups in total. The summed E-state index contributed by atoms with van der Waals surface area (Å²) in [6.07, 6.45) is -4.52. The molecule has 2 rings (SSSR count). The Balaban J connectivity index is 2.52. The number of para-hydroxylation sites is 2. The zero-order valence-corrected chi connectivity index (χ0v) is 11.2. The average Bonchev–Trinajstić information content (AvgIpc) is 2.40. The predicted octanol–water partition coefficient (Wildman–Crippen LogP) is 4.09. The molecule has 0 unspecified atom stereocenters. The van der Waals surface area contributed by atoms with Gasteiger partial charge in [-0.2, -0.15) is 13.2 Å². The molecule has 2 aromatic rings. The second-order valence-electron chi connectivity index (χ2n) is 4.46. The molecule has 0 saturated carbocycles. The number of nitrogens with one attached hydrogen (secondary N) is 1. The second kappa shape index (κ2) is 5.47. The average molecular weight is 294 g/mol. The molecule has 0 aliphatic rings. The van der Waals surface area contributed by atoms with Crippen molar-refractivity contribution in [3.63, 3.8) is 0 Å². The first kappa shape index (κ1) is 14.9. The summed E-state index contributed by atoms with van der Waals surface area (Å²) in [5, 5.41) is 7.49. The number of rotatable bonds is 3. The van der Waals surface area contributed by atoms with Crippen LogP contribution in [0.1, 0.15) is 16.7 Å². The molecule has 110 valence electrons. The van der Waals surface area contributed by atoms with Crippen LogP contribution in [-0.4, -0.2) is 5.84 Å². The van der Waals surface area contributed by atoms with Crippen molar-refractivity contribution in [1.29, 1.82) is 5.41 Å². The molecule has 0 aliphatic carbocycles. The smallest absolute Gasteiger partial charge is 0.419 e. The first-order valence-electron chi connectivity index (χ1n) is 6.09. The van der Waals surface area contributed by atoms with Gasteiger partial charge in [-0.15, -0.1) is 0 Å². The van der Waals surface area contributed by atoms with Crippen molar-refractivity contribution in [2.75, 3.05) is 0 Å². The minimum atomic E-state index is -4.52.